The predicted molar refractivity (Wildman–Crippen MR) is 189 cm³/mol. The molecular formula is C41H67NO2. The number of allylic oxidation sites excluding steroid dienone is 1. The first-order valence-electron chi connectivity index (χ1n) is 18.1. The molecule has 1 heterocycles. The van der Waals surface area contributed by atoms with Crippen LogP contribution in [0.4, 0.5) is 0 Å². The number of carbonyl (C=O) groups excluding carboxylic acids is 2. The molecule has 2 rings (SSSR count). The van der Waals surface area contributed by atoms with Gasteiger partial charge in [0.15, 0.2) is 0 Å². The van der Waals surface area contributed by atoms with Crippen molar-refractivity contribution in [2.75, 3.05) is 6.54 Å². The van der Waals surface area contributed by atoms with Crippen LogP contribution in [0.1, 0.15) is 151 Å². The van der Waals surface area contributed by atoms with Gasteiger partial charge in [0.25, 0.3) is 0 Å². The van der Waals surface area contributed by atoms with E-state index in [0.29, 0.717) is 0 Å². The summed E-state index contributed by atoms with van der Waals surface area (Å²) in [6.07, 6.45) is 15.9. The molecule has 0 aliphatic carbocycles. The van der Waals surface area contributed by atoms with Gasteiger partial charge in [-0.1, -0.05) is 137 Å². The Bertz CT molecular complexity index is 1080. The molecule has 7 atom stereocenters. The number of likely N-dealkylation sites (tertiary alicyclic amines) is 1. The number of hydrogen-bond donors (Lipinski definition) is 0. The summed E-state index contributed by atoms with van der Waals surface area (Å²) in [5.74, 6) is -0.550. The fourth-order valence-corrected chi connectivity index (χ4v) is 9.92. The highest BCUT2D eigenvalue weighted by atomic mass is 16.2. The van der Waals surface area contributed by atoms with Crippen LogP contribution in [0.5, 0.6) is 0 Å². The van der Waals surface area contributed by atoms with Crippen molar-refractivity contribution in [3.8, 4) is 0 Å². The van der Waals surface area contributed by atoms with Gasteiger partial charge in [-0.05, 0) is 78.1 Å². The SMILES string of the molecule is C=CCN1C(=O)C(C(C)(C=C)CCC)C(C(CC)(CCC)C(CC)(CCC)C(CC(C)(CC)CCC)c2ccccc2)C1=O. The Morgan fingerprint density at radius 2 is 1.32 bits per heavy atom. The van der Waals surface area contributed by atoms with Gasteiger partial charge in [0, 0.05) is 6.54 Å². The van der Waals surface area contributed by atoms with Crippen molar-refractivity contribution in [2.45, 2.75) is 145 Å². The Balaban J connectivity index is 3.11. The summed E-state index contributed by atoms with van der Waals surface area (Å²) in [5, 5.41) is 0. The summed E-state index contributed by atoms with van der Waals surface area (Å²) in [5.41, 5.74) is 0.583. The maximum Gasteiger partial charge on any atom is 0.234 e. The monoisotopic (exact) mass is 606 g/mol. The topological polar surface area (TPSA) is 37.4 Å². The maximum absolute atomic E-state index is 15.0. The van der Waals surface area contributed by atoms with Crippen LogP contribution in [0.25, 0.3) is 0 Å². The first kappa shape index (κ1) is 38.0. The zero-order chi connectivity index (χ0) is 33.2. The Morgan fingerprint density at radius 1 is 0.750 bits per heavy atom. The number of benzene rings is 1. The molecule has 2 amide bonds. The molecule has 0 spiro atoms. The van der Waals surface area contributed by atoms with Crippen LogP contribution in [0.2, 0.25) is 0 Å². The lowest BCUT2D eigenvalue weighted by atomic mass is 9.43. The van der Waals surface area contributed by atoms with Crippen LogP contribution in [0.15, 0.2) is 55.6 Å². The smallest absolute Gasteiger partial charge is 0.234 e. The van der Waals surface area contributed by atoms with E-state index in [2.05, 4.69) is 106 Å². The van der Waals surface area contributed by atoms with Crippen molar-refractivity contribution in [1.29, 1.82) is 0 Å². The lowest BCUT2D eigenvalue weighted by Gasteiger charge is -2.60. The summed E-state index contributed by atoms with van der Waals surface area (Å²) in [7, 11) is 0. The highest BCUT2D eigenvalue weighted by Gasteiger charge is 2.66. The van der Waals surface area contributed by atoms with Gasteiger partial charge < -0.3 is 0 Å². The van der Waals surface area contributed by atoms with Gasteiger partial charge in [0.1, 0.15) is 0 Å². The number of amides is 2. The Kier molecular flexibility index (Phi) is 14.2. The van der Waals surface area contributed by atoms with Crippen LogP contribution in [0.3, 0.4) is 0 Å². The van der Waals surface area contributed by atoms with Crippen molar-refractivity contribution in [3.63, 3.8) is 0 Å². The Labute approximate surface area is 272 Å². The van der Waals surface area contributed by atoms with E-state index in [1.165, 1.54) is 12.0 Å². The van der Waals surface area contributed by atoms with Gasteiger partial charge in [0.2, 0.25) is 11.8 Å². The number of rotatable bonds is 21. The number of imide groups is 1. The average Bonchev–Trinajstić information content (AvgIpc) is 3.28. The van der Waals surface area contributed by atoms with E-state index in [-0.39, 0.29) is 40.5 Å². The highest BCUT2D eigenvalue weighted by molar-refractivity contribution is 6.06. The third-order valence-electron chi connectivity index (χ3n) is 12.2. The van der Waals surface area contributed by atoms with E-state index in [4.69, 9.17) is 0 Å². The summed E-state index contributed by atoms with van der Waals surface area (Å²) < 4.78 is 0. The lowest BCUT2D eigenvalue weighted by molar-refractivity contribution is -0.148. The second-order valence-electron chi connectivity index (χ2n) is 14.6. The molecule has 1 aliphatic heterocycles. The fourth-order valence-electron chi connectivity index (χ4n) is 9.92. The fraction of sp³-hybridized carbons (Fsp3) is 0.707. The highest BCUT2D eigenvalue weighted by Crippen LogP contribution is 2.68. The molecular weight excluding hydrogens is 538 g/mol. The van der Waals surface area contributed by atoms with E-state index in [9.17, 15) is 9.59 Å². The van der Waals surface area contributed by atoms with Gasteiger partial charge in [-0.25, -0.2) is 0 Å². The molecule has 0 bridgehead atoms. The molecule has 0 aromatic heterocycles. The largest absolute Gasteiger partial charge is 0.278 e. The van der Waals surface area contributed by atoms with Crippen molar-refractivity contribution in [3.05, 3.63) is 61.2 Å². The van der Waals surface area contributed by atoms with Gasteiger partial charge in [0.05, 0.1) is 11.8 Å². The minimum atomic E-state index is -0.468. The Morgan fingerprint density at radius 3 is 1.77 bits per heavy atom. The number of carbonyl (C=O) groups is 2. The molecule has 1 aliphatic rings. The second-order valence-corrected chi connectivity index (χ2v) is 14.6. The molecule has 1 saturated heterocycles. The summed E-state index contributed by atoms with van der Waals surface area (Å²) in [6.45, 7) is 29.3. The lowest BCUT2D eigenvalue weighted by Crippen LogP contribution is -2.55. The maximum atomic E-state index is 15.0. The average molecular weight is 606 g/mol. The molecule has 0 radical (unpaired) electrons. The Hall–Kier alpha value is -2.16. The van der Waals surface area contributed by atoms with Crippen molar-refractivity contribution >= 4 is 11.8 Å². The summed E-state index contributed by atoms with van der Waals surface area (Å²) >= 11 is 0. The first-order valence-corrected chi connectivity index (χ1v) is 18.1. The quantitative estimate of drug-likeness (QED) is 0.103. The molecule has 44 heavy (non-hydrogen) atoms. The predicted octanol–water partition coefficient (Wildman–Crippen LogP) is 11.5. The second kappa shape index (κ2) is 16.4. The number of nitrogens with zero attached hydrogens (tertiary/aromatic N) is 1. The van der Waals surface area contributed by atoms with E-state index >= 15 is 0 Å². The molecule has 3 nitrogen and oxygen atoms in total. The molecule has 1 aromatic rings. The minimum Gasteiger partial charge on any atom is -0.278 e. The van der Waals surface area contributed by atoms with Gasteiger partial charge >= 0.3 is 0 Å². The van der Waals surface area contributed by atoms with Crippen molar-refractivity contribution < 1.29 is 9.59 Å². The zero-order valence-corrected chi connectivity index (χ0v) is 30.1. The number of hydrogen-bond acceptors (Lipinski definition) is 2. The van der Waals surface area contributed by atoms with Crippen LogP contribution >= 0.6 is 0 Å². The van der Waals surface area contributed by atoms with Crippen LogP contribution in [-0.2, 0) is 9.59 Å². The van der Waals surface area contributed by atoms with Crippen LogP contribution in [0, 0.1) is 33.5 Å². The van der Waals surface area contributed by atoms with Crippen LogP contribution in [-0.4, -0.2) is 23.3 Å². The van der Waals surface area contributed by atoms with E-state index in [1.807, 2.05) is 6.08 Å². The first-order chi connectivity index (χ1) is 20.9. The van der Waals surface area contributed by atoms with Crippen LogP contribution < -0.4 is 0 Å². The van der Waals surface area contributed by atoms with Crippen molar-refractivity contribution in [1.82, 2.24) is 4.90 Å². The third kappa shape index (κ3) is 6.97. The molecule has 248 valence electrons. The standard InChI is InChI=1S/C41H67NO2/c1-12-26-38(10,17-6)31-33(32-24-22-21-23-25-32)40(19-8,28-14-3)41(20-9,29-15-4)35-34(39(11,18-7)27-13-2)36(43)42(30-16-5)37(35)44/h16,18,21-25,33-35H,5,7,12-15,17,19-20,26-31H2,1-4,6,8-11H3. The molecule has 1 fully saturated rings. The van der Waals surface area contributed by atoms with E-state index < -0.39 is 17.3 Å². The summed E-state index contributed by atoms with van der Waals surface area (Å²) in [4.78, 5) is 31.1. The van der Waals surface area contributed by atoms with Gasteiger partial charge in [-0.3, -0.25) is 14.5 Å². The molecule has 7 unspecified atom stereocenters. The molecule has 0 N–H and O–H groups in total. The summed E-state index contributed by atoms with van der Waals surface area (Å²) in [6, 6.07) is 11.2. The van der Waals surface area contributed by atoms with Gasteiger partial charge in [-0.2, -0.15) is 0 Å². The van der Waals surface area contributed by atoms with Crippen molar-refractivity contribution in [2.24, 2.45) is 33.5 Å². The van der Waals surface area contributed by atoms with Gasteiger partial charge in [-0.15, -0.1) is 13.2 Å². The molecule has 3 heteroatoms. The third-order valence-corrected chi connectivity index (χ3v) is 12.2. The zero-order valence-electron chi connectivity index (χ0n) is 30.1. The molecule has 0 saturated carbocycles. The normalized spacial score (nSPS) is 23.3. The van der Waals surface area contributed by atoms with E-state index in [0.717, 1.165) is 70.6 Å². The molecule has 1 aromatic carbocycles. The minimum absolute atomic E-state index is 0.0203. The van der Waals surface area contributed by atoms with E-state index in [1.54, 1.807) is 11.0 Å².